The fourth-order valence-electron chi connectivity index (χ4n) is 3.38. The van der Waals surface area contributed by atoms with E-state index in [4.69, 9.17) is 4.74 Å². The van der Waals surface area contributed by atoms with E-state index in [9.17, 15) is 9.59 Å². The number of nitrogens with zero attached hydrogens (tertiary/aromatic N) is 2. The first-order chi connectivity index (χ1) is 12.9. The molecule has 2 atom stereocenters. The second-order valence-corrected chi connectivity index (χ2v) is 8.24. The van der Waals surface area contributed by atoms with Crippen LogP contribution in [0.5, 0.6) is 0 Å². The van der Waals surface area contributed by atoms with Crippen molar-refractivity contribution in [3.8, 4) is 0 Å². The van der Waals surface area contributed by atoms with Crippen molar-refractivity contribution in [2.24, 2.45) is 4.99 Å². The zero-order chi connectivity index (χ0) is 19.7. The number of ether oxygens (including phenoxy) is 1. The molecule has 1 aromatic rings. The number of carbonyl (C=O) groups is 2. The lowest BCUT2D eigenvalue weighted by Gasteiger charge is -2.33. The minimum Gasteiger partial charge on any atom is -0.459 e. The van der Waals surface area contributed by atoms with E-state index in [2.05, 4.69) is 11.9 Å². The zero-order valence-electron chi connectivity index (χ0n) is 16.5. The molecule has 2 aliphatic heterocycles. The SMILES string of the molecule is CCc1ccc(C2C(C(=O)OC(C)C)=C(C)N=C3SC(CC)C(=O)N32)cc1. The smallest absolute Gasteiger partial charge is 0.338 e. The summed E-state index contributed by atoms with van der Waals surface area (Å²) in [4.78, 5) is 32.2. The van der Waals surface area contributed by atoms with Crippen LogP contribution in [-0.2, 0) is 20.7 Å². The number of thioether (sulfide) groups is 1. The maximum atomic E-state index is 13.0. The minimum absolute atomic E-state index is 0.00756. The number of hydrogen-bond donors (Lipinski definition) is 0. The van der Waals surface area contributed by atoms with Crippen LogP contribution in [0.2, 0.25) is 0 Å². The summed E-state index contributed by atoms with van der Waals surface area (Å²) in [6.07, 6.45) is 1.43. The molecule has 0 spiro atoms. The Hall–Kier alpha value is -2.08. The summed E-state index contributed by atoms with van der Waals surface area (Å²) >= 11 is 1.48. The number of carbonyl (C=O) groups excluding carboxylic acids is 2. The van der Waals surface area contributed by atoms with Crippen molar-refractivity contribution in [1.29, 1.82) is 0 Å². The van der Waals surface area contributed by atoms with Gasteiger partial charge in [0.1, 0.15) is 0 Å². The fraction of sp³-hybridized carbons (Fsp3) is 0.476. The molecule has 1 saturated heterocycles. The molecule has 0 saturated carbocycles. The van der Waals surface area contributed by atoms with Gasteiger partial charge in [0.15, 0.2) is 5.17 Å². The normalized spacial score (nSPS) is 22.2. The van der Waals surface area contributed by atoms with Gasteiger partial charge < -0.3 is 4.74 Å². The van der Waals surface area contributed by atoms with Crippen molar-refractivity contribution in [3.05, 3.63) is 46.7 Å². The average molecular weight is 387 g/mol. The highest BCUT2D eigenvalue weighted by atomic mass is 32.2. The highest BCUT2D eigenvalue weighted by molar-refractivity contribution is 8.15. The van der Waals surface area contributed by atoms with Crippen molar-refractivity contribution in [3.63, 3.8) is 0 Å². The predicted molar refractivity (Wildman–Crippen MR) is 108 cm³/mol. The molecule has 0 radical (unpaired) electrons. The molecule has 2 unspecified atom stereocenters. The summed E-state index contributed by atoms with van der Waals surface area (Å²) in [5.41, 5.74) is 3.18. The second kappa shape index (κ2) is 7.89. The Balaban J connectivity index is 2.10. The van der Waals surface area contributed by atoms with E-state index in [1.165, 1.54) is 17.3 Å². The molecular formula is C21H26N2O3S. The number of benzene rings is 1. The standard InChI is InChI=1S/C21H26N2O3S/c1-6-14-8-10-15(11-9-14)18-17(20(25)26-12(3)4)13(5)22-21-23(18)19(24)16(7-2)27-21/h8-12,16,18H,6-7H2,1-5H3. The third-order valence-electron chi connectivity index (χ3n) is 4.79. The predicted octanol–water partition coefficient (Wildman–Crippen LogP) is 4.24. The van der Waals surface area contributed by atoms with E-state index in [0.717, 1.165) is 18.4 Å². The summed E-state index contributed by atoms with van der Waals surface area (Å²) < 4.78 is 5.48. The van der Waals surface area contributed by atoms with Crippen LogP contribution in [0, 0.1) is 0 Å². The molecule has 3 rings (SSSR count). The van der Waals surface area contributed by atoms with Gasteiger partial charge in [-0.15, -0.1) is 0 Å². The maximum absolute atomic E-state index is 13.0. The summed E-state index contributed by atoms with van der Waals surface area (Å²) in [6.45, 7) is 9.55. The van der Waals surface area contributed by atoms with Gasteiger partial charge in [0.2, 0.25) is 5.91 Å². The largest absolute Gasteiger partial charge is 0.459 e. The molecule has 0 aliphatic carbocycles. The average Bonchev–Trinajstić information content (AvgIpc) is 2.95. The van der Waals surface area contributed by atoms with Gasteiger partial charge in [-0.1, -0.05) is 49.9 Å². The molecular weight excluding hydrogens is 360 g/mol. The van der Waals surface area contributed by atoms with E-state index in [1.54, 1.807) is 4.90 Å². The first-order valence-electron chi connectivity index (χ1n) is 9.46. The number of amides is 1. The molecule has 144 valence electrons. The van der Waals surface area contributed by atoms with Gasteiger partial charge in [-0.25, -0.2) is 9.79 Å². The van der Waals surface area contributed by atoms with Crippen molar-refractivity contribution < 1.29 is 14.3 Å². The van der Waals surface area contributed by atoms with E-state index in [-0.39, 0.29) is 17.3 Å². The summed E-state index contributed by atoms with van der Waals surface area (Å²) in [6, 6.07) is 7.60. The third-order valence-corrected chi connectivity index (χ3v) is 6.11. The minimum atomic E-state index is -0.494. The number of aryl methyl sites for hydroxylation is 1. The number of allylic oxidation sites excluding steroid dienone is 1. The summed E-state index contributed by atoms with van der Waals surface area (Å²) in [5.74, 6) is -0.402. The first kappa shape index (κ1) is 19.7. The summed E-state index contributed by atoms with van der Waals surface area (Å²) in [5, 5.41) is 0.518. The van der Waals surface area contributed by atoms with Crippen molar-refractivity contribution in [1.82, 2.24) is 4.90 Å². The van der Waals surface area contributed by atoms with Gasteiger partial charge in [-0.3, -0.25) is 9.69 Å². The van der Waals surface area contributed by atoms with Crippen LogP contribution in [0.15, 0.2) is 40.5 Å². The van der Waals surface area contributed by atoms with E-state index >= 15 is 0 Å². The van der Waals surface area contributed by atoms with Gasteiger partial charge in [0.25, 0.3) is 0 Å². The molecule has 6 heteroatoms. The first-order valence-corrected chi connectivity index (χ1v) is 10.3. The number of hydrogen-bond acceptors (Lipinski definition) is 5. The lowest BCUT2D eigenvalue weighted by Crippen LogP contribution is -2.41. The third kappa shape index (κ3) is 3.68. The van der Waals surface area contributed by atoms with Gasteiger partial charge in [-0.2, -0.15) is 0 Å². The van der Waals surface area contributed by atoms with Crippen molar-refractivity contribution in [2.45, 2.75) is 64.9 Å². The number of fused-ring (bicyclic) bond motifs is 1. The zero-order valence-corrected chi connectivity index (χ0v) is 17.3. The van der Waals surface area contributed by atoms with Gasteiger partial charge in [0, 0.05) is 0 Å². The number of aliphatic imine (C=N–C) groups is 1. The molecule has 27 heavy (non-hydrogen) atoms. The second-order valence-electron chi connectivity index (χ2n) is 7.07. The molecule has 2 aliphatic rings. The quantitative estimate of drug-likeness (QED) is 0.710. The Morgan fingerprint density at radius 2 is 1.93 bits per heavy atom. The van der Waals surface area contributed by atoms with Crippen molar-refractivity contribution >= 4 is 28.8 Å². The Morgan fingerprint density at radius 3 is 2.48 bits per heavy atom. The Labute approximate surface area is 164 Å². The lowest BCUT2D eigenvalue weighted by atomic mass is 9.93. The highest BCUT2D eigenvalue weighted by Gasteiger charge is 2.47. The molecule has 2 heterocycles. The Bertz CT molecular complexity index is 811. The number of rotatable bonds is 5. The Kier molecular flexibility index (Phi) is 5.75. The molecule has 0 aromatic heterocycles. The van der Waals surface area contributed by atoms with Crippen LogP contribution in [0.4, 0.5) is 0 Å². The van der Waals surface area contributed by atoms with Gasteiger partial charge in [-0.05, 0) is 44.7 Å². The fourth-order valence-corrected chi connectivity index (χ4v) is 4.51. The monoisotopic (exact) mass is 386 g/mol. The molecule has 1 amide bonds. The van der Waals surface area contributed by atoms with Crippen LogP contribution in [0.1, 0.15) is 58.2 Å². The van der Waals surface area contributed by atoms with E-state index in [0.29, 0.717) is 16.4 Å². The van der Waals surface area contributed by atoms with Crippen LogP contribution in [0.3, 0.4) is 0 Å². The molecule has 0 bridgehead atoms. The van der Waals surface area contributed by atoms with Crippen LogP contribution in [-0.4, -0.2) is 33.3 Å². The molecule has 1 fully saturated rings. The van der Waals surface area contributed by atoms with Crippen LogP contribution >= 0.6 is 11.8 Å². The maximum Gasteiger partial charge on any atom is 0.338 e. The molecule has 5 nitrogen and oxygen atoms in total. The van der Waals surface area contributed by atoms with E-state index < -0.39 is 12.0 Å². The van der Waals surface area contributed by atoms with Crippen LogP contribution in [0.25, 0.3) is 0 Å². The van der Waals surface area contributed by atoms with Gasteiger partial charge in [0.05, 0.1) is 28.7 Å². The highest BCUT2D eigenvalue weighted by Crippen LogP contribution is 2.44. The van der Waals surface area contributed by atoms with E-state index in [1.807, 2.05) is 52.0 Å². The van der Waals surface area contributed by atoms with Gasteiger partial charge >= 0.3 is 5.97 Å². The lowest BCUT2D eigenvalue weighted by molar-refractivity contribution is -0.143. The topological polar surface area (TPSA) is 59.0 Å². The summed E-state index contributed by atoms with van der Waals surface area (Å²) in [7, 11) is 0. The Morgan fingerprint density at radius 1 is 1.26 bits per heavy atom. The number of amidine groups is 1. The van der Waals surface area contributed by atoms with Crippen molar-refractivity contribution in [2.75, 3.05) is 0 Å². The molecule has 1 aromatic carbocycles. The van der Waals surface area contributed by atoms with Crippen LogP contribution < -0.4 is 0 Å². The molecule has 0 N–H and O–H groups in total. The number of esters is 1.